The minimum atomic E-state index is -3.33. The number of hydrogen-bond donors (Lipinski definition) is 1. The van der Waals surface area contributed by atoms with Gasteiger partial charge in [0.1, 0.15) is 0 Å². The predicted octanol–water partition coefficient (Wildman–Crippen LogP) is -0.899. The zero-order valence-electron chi connectivity index (χ0n) is 5.28. The summed E-state index contributed by atoms with van der Waals surface area (Å²) in [7, 11) is -3.33. The fourth-order valence-electron chi connectivity index (χ4n) is 0.887. The van der Waals surface area contributed by atoms with Crippen LogP contribution in [0.5, 0.6) is 0 Å². The van der Waals surface area contributed by atoms with Crippen LogP contribution in [0.25, 0.3) is 0 Å². The summed E-state index contributed by atoms with van der Waals surface area (Å²) in [5, 5.41) is 0. The number of carbonyl (C=O) groups is 1. The topological polar surface area (TPSA) is 80.5 Å². The van der Waals surface area contributed by atoms with E-state index in [9.17, 15) is 13.2 Å². The zero-order chi connectivity index (χ0) is 7.78. The summed E-state index contributed by atoms with van der Waals surface area (Å²) in [5.41, 5.74) is 4.78. The first kappa shape index (κ1) is 7.33. The predicted molar refractivity (Wildman–Crippen MR) is 34.7 cm³/mol. The summed E-state index contributed by atoms with van der Waals surface area (Å²) in [6.45, 7) is 0.234. The molecular weight excluding hydrogens is 156 g/mol. The number of nitrogens with zero attached hydrogens (tertiary/aromatic N) is 1. The fourth-order valence-corrected chi connectivity index (χ4v) is 2.28. The molecule has 1 fully saturated rings. The molecule has 0 saturated carbocycles. The molecule has 1 saturated heterocycles. The van der Waals surface area contributed by atoms with Gasteiger partial charge in [-0.1, -0.05) is 0 Å². The van der Waals surface area contributed by atoms with Crippen molar-refractivity contribution < 1.29 is 13.2 Å². The second-order valence-corrected chi connectivity index (χ2v) is 4.09. The van der Waals surface area contributed by atoms with Crippen molar-refractivity contribution in [3.05, 3.63) is 0 Å². The van der Waals surface area contributed by atoms with Crippen LogP contribution in [-0.2, 0) is 10.0 Å². The molecule has 0 aromatic rings. The minimum Gasteiger partial charge on any atom is -0.351 e. The molecule has 2 amide bonds. The van der Waals surface area contributed by atoms with Crippen molar-refractivity contribution in [3.63, 3.8) is 0 Å². The lowest BCUT2D eigenvalue weighted by atomic mass is 10.5. The van der Waals surface area contributed by atoms with E-state index in [1.807, 2.05) is 0 Å². The average molecular weight is 164 g/mol. The van der Waals surface area contributed by atoms with E-state index in [4.69, 9.17) is 5.73 Å². The first-order valence-electron chi connectivity index (χ1n) is 2.84. The van der Waals surface area contributed by atoms with Gasteiger partial charge in [0.2, 0.25) is 10.0 Å². The third kappa shape index (κ3) is 1.06. The normalized spacial score (nSPS) is 23.0. The lowest BCUT2D eigenvalue weighted by Gasteiger charge is -2.09. The van der Waals surface area contributed by atoms with E-state index in [2.05, 4.69) is 0 Å². The van der Waals surface area contributed by atoms with Crippen LogP contribution in [0.2, 0.25) is 0 Å². The maximum Gasteiger partial charge on any atom is 0.328 e. The summed E-state index contributed by atoms with van der Waals surface area (Å²) in [5.74, 6) is 0.0376. The van der Waals surface area contributed by atoms with Gasteiger partial charge in [0, 0.05) is 6.54 Å². The Balaban J connectivity index is 2.90. The van der Waals surface area contributed by atoms with Crippen molar-refractivity contribution in [2.24, 2.45) is 5.73 Å². The summed E-state index contributed by atoms with van der Waals surface area (Å²) in [6, 6.07) is -0.877. The second kappa shape index (κ2) is 2.12. The van der Waals surface area contributed by atoms with Crippen LogP contribution in [0.15, 0.2) is 0 Å². The summed E-state index contributed by atoms with van der Waals surface area (Å²) < 4.78 is 22.4. The molecule has 1 rings (SSSR count). The molecule has 0 spiro atoms. The number of urea groups is 1. The van der Waals surface area contributed by atoms with Gasteiger partial charge in [0.25, 0.3) is 0 Å². The third-order valence-corrected chi connectivity index (χ3v) is 3.18. The number of primary amides is 1. The monoisotopic (exact) mass is 164 g/mol. The van der Waals surface area contributed by atoms with E-state index in [-0.39, 0.29) is 12.3 Å². The lowest BCUT2D eigenvalue weighted by Crippen LogP contribution is -2.36. The highest BCUT2D eigenvalue weighted by Gasteiger charge is 2.30. The van der Waals surface area contributed by atoms with Gasteiger partial charge in [-0.15, -0.1) is 0 Å². The Hall–Kier alpha value is -0.780. The largest absolute Gasteiger partial charge is 0.351 e. The molecule has 5 nitrogen and oxygen atoms in total. The van der Waals surface area contributed by atoms with E-state index in [1.165, 1.54) is 0 Å². The molecule has 0 aromatic carbocycles. The highest BCUT2D eigenvalue weighted by Crippen LogP contribution is 2.11. The third-order valence-electron chi connectivity index (χ3n) is 1.35. The highest BCUT2D eigenvalue weighted by atomic mass is 32.2. The van der Waals surface area contributed by atoms with Crippen molar-refractivity contribution in [1.82, 2.24) is 4.31 Å². The minimum absolute atomic E-state index is 0.0376. The molecule has 1 heterocycles. The molecule has 0 aromatic heterocycles. The van der Waals surface area contributed by atoms with E-state index >= 15 is 0 Å². The van der Waals surface area contributed by atoms with Crippen LogP contribution < -0.4 is 5.73 Å². The van der Waals surface area contributed by atoms with Crippen molar-refractivity contribution in [2.45, 2.75) is 6.42 Å². The first-order valence-corrected chi connectivity index (χ1v) is 4.45. The van der Waals surface area contributed by atoms with Gasteiger partial charge in [-0.25, -0.2) is 17.5 Å². The Kier molecular flexibility index (Phi) is 1.55. The Morgan fingerprint density at radius 2 is 2.10 bits per heavy atom. The number of amides is 2. The van der Waals surface area contributed by atoms with Crippen molar-refractivity contribution in [3.8, 4) is 0 Å². The Labute approximate surface area is 58.9 Å². The number of sulfonamides is 1. The average Bonchev–Trinajstić information content (AvgIpc) is 2.08. The standard InChI is InChI=1S/C4H8N2O3S/c5-4(7)6-2-1-3-10(6,8)9/h1-3H2,(H2,5,7). The quantitative estimate of drug-likeness (QED) is 0.503. The molecule has 0 aliphatic carbocycles. The maximum absolute atomic E-state index is 10.8. The highest BCUT2D eigenvalue weighted by molar-refractivity contribution is 7.89. The molecular formula is C4H8N2O3S. The van der Waals surface area contributed by atoms with Gasteiger partial charge in [0.05, 0.1) is 5.75 Å². The molecule has 0 unspecified atom stereocenters. The number of rotatable bonds is 0. The van der Waals surface area contributed by atoms with Gasteiger partial charge in [0.15, 0.2) is 0 Å². The zero-order valence-corrected chi connectivity index (χ0v) is 6.10. The van der Waals surface area contributed by atoms with Gasteiger partial charge in [-0.3, -0.25) is 0 Å². The van der Waals surface area contributed by atoms with Gasteiger partial charge >= 0.3 is 6.03 Å². The second-order valence-electron chi connectivity index (χ2n) is 2.08. The number of carbonyl (C=O) groups excluding carboxylic acids is 1. The van der Waals surface area contributed by atoms with Crippen LogP contribution >= 0.6 is 0 Å². The molecule has 0 atom stereocenters. The molecule has 1 aliphatic rings. The Bertz CT molecular complexity index is 245. The van der Waals surface area contributed by atoms with E-state index in [1.54, 1.807) is 0 Å². The van der Waals surface area contributed by atoms with Gasteiger partial charge < -0.3 is 5.73 Å². The lowest BCUT2D eigenvalue weighted by molar-refractivity contribution is 0.234. The van der Waals surface area contributed by atoms with Crippen molar-refractivity contribution in [1.29, 1.82) is 0 Å². The van der Waals surface area contributed by atoms with E-state index in [0.29, 0.717) is 10.7 Å². The smallest absolute Gasteiger partial charge is 0.328 e. The molecule has 10 heavy (non-hydrogen) atoms. The molecule has 2 N–H and O–H groups in total. The molecule has 0 radical (unpaired) electrons. The van der Waals surface area contributed by atoms with E-state index < -0.39 is 16.1 Å². The van der Waals surface area contributed by atoms with Crippen LogP contribution in [-0.4, -0.2) is 31.1 Å². The molecule has 0 bridgehead atoms. The first-order chi connectivity index (χ1) is 4.54. The van der Waals surface area contributed by atoms with Crippen LogP contribution in [0, 0.1) is 0 Å². The molecule has 1 aliphatic heterocycles. The van der Waals surface area contributed by atoms with Crippen LogP contribution in [0.4, 0.5) is 4.79 Å². The fraction of sp³-hybridized carbons (Fsp3) is 0.750. The Morgan fingerprint density at radius 1 is 1.50 bits per heavy atom. The van der Waals surface area contributed by atoms with Crippen LogP contribution in [0.3, 0.4) is 0 Å². The van der Waals surface area contributed by atoms with Gasteiger partial charge in [-0.2, -0.15) is 0 Å². The van der Waals surface area contributed by atoms with Crippen molar-refractivity contribution in [2.75, 3.05) is 12.3 Å². The summed E-state index contributed by atoms with van der Waals surface area (Å²) in [4.78, 5) is 10.4. The number of hydrogen-bond acceptors (Lipinski definition) is 3. The molecule has 58 valence electrons. The van der Waals surface area contributed by atoms with Crippen LogP contribution in [0.1, 0.15) is 6.42 Å². The molecule has 6 heteroatoms. The summed E-state index contributed by atoms with van der Waals surface area (Å²) in [6.07, 6.45) is 0.491. The summed E-state index contributed by atoms with van der Waals surface area (Å²) >= 11 is 0. The van der Waals surface area contributed by atoms with E-state index in [0.717, 1.165) is 0 Å². The maximum atomic E-state index is 10.8. The Morgan fingerprint density at radius 3 is 2.30 bits per heavy atom. The van der Waals surface area contributed by atoms with Crippen molar-refractivity contribution >= 4 is 16.1 Å². The number of nitrogens with two attached hydrogens (primary N) is 1. The SMILES string of the molecule is NC(=O)N1CCCS1(=O)=O. The van der Waals surface area contributed by atoms with Gasteiger partial charge in [-0.05, 0) is 6.42 Å².